The lowest BCUT2D eigenvalue weighted by molar-refractivity contribution is 0.0519. The Bertz CT molecular complexity index is 665. The molecule has 0 aliphatic carbocycles. The molecule has 1 atom stereocenters. The van der Waals surface area contributed by atoms with Crippen molar-refractivity contribution in [1.82, 2.24) is 4.98 Å². The molecular weight excluding hydrogens is 286 g/mol. The lowest BCUT2D eigenvalue weighted by Crippen LogP contribution is -2.15. The third kappa shape index (κ3) is 2.65. The molecule has 0 fully saturated rings. The number of hydrogen-bond acceptors (Lipinski definition) is 5. The fraction of sp³-hybridized carbons (Fsp3) is 0.375. The monoisotopic (exact) mass is 303 g/mol. The minimum Gasteiger partial charge on any atom is -0.493 e. The van der Waals surface area contributed by atoms with Crippen molar-refractivity contribution in [3.8, 4) is 5.75 Å². The van der Waals surface area contributed by atoms with Crippen molar-refractivity contribution in [2.45, 2.75) is 26.2 Å². The van der Waals surface area contributed by atoms with Gasteiger partial charge in [0.15, 0.2) is 5.69 Å². The smallest absolute Gasteiger partial charge is 0.358 e. The Balaban J connectivity index is 1.95. The molecule has 1 aromatic heterocycles. The highest BCUT2D eigenvalue weighted by atomic mass is 32.1. The van der Waals surface area contributed by atoms with Gasteiger partial charge in [-0.3, -0.25) is 0 Å². The maximum atomic E-state index is 11.9. The molecule has 0 radical (unpaired) electrons. The summed E-state index contributed by atoms with van der Waals surface area (Å²) in [5, 5.41) is 0.964. The summed E-state index contributed by atoms with van der Waals surface area (Å²) in [6.07, 6.45) is 0.881. The number of carbonyl (C=O) groups is 1. The summed E-state index contributed by atoms with van der Waals surface area (Å²) in [5.41, 5.74) is 1.59. The van der Waals surface area contributed by atoms with Crippen molar-refractivity contribution < 1.29 is 14.3 Å². The molecule has 0 bridgehead atoms. The van der Waals surface area contributed by atoms with Crippen LogP contribution in [0.25, 0.3) is 0 Å². The number of rotatable bonds is 3. The van der Waals surface area contributed by atoms with Crippen molar-refractivity contribution >= 4 is 17.3 Å². The third-order valence-corrected chi connectivity index (χ3v) is 4.62. The van der Waals surface area contributed by atoms with Crippen LogP contribution < -0.4 is 4.74 Å². The van der Waals surface area contributed by atoms with E-state index < -0.39 is 0 Å². The summed E-state index contributed by atoms with van der Waals surface area (Å²) in [4.78, 5) is 17.4. The van der Waals surface area contributed by atoms with Crippen LogP contribution >= 0.6 is 11.3 Å². The Morgan fingerprint density at radius 1 is 1.48 bits per heavy atom. The van der Waals surface area contributed by atoms with Gasteiger partial charge in [0.05, 0.1) is 13.2 Å². The fourth-order valence-electron chi connectivity index (χ4n) is 2.55. The molecule has 1 aromatic carbocycles. The highest BCUT2D eigenvalue weighted by Crippen LogP contribution is 2.39. The number of hydrogen-bond donors (Lipinski definition) is 0. The number of aryl methyl sites for hydroxylation is 1. The van der Waals surface area contributed by atoms with Crippen molar-refractivity contribution in [2.75, 3.05) is 13.2 Å². The van der Waals surface area contributed by atoms with Crippen LogP contribution in [0.4, 0.5) is 0 Å². The van der Waals surface area contributed by atoms with Crippen LogP contribution in [0.2, 0.25) is 0 Å². The summed E-state index contributed by atoms with van der Waals surface area (Å²) in [6.45, 7) is 4.76. The van der Waals surface area contributed by atoms with Gasteiger partial charge in [0, 0.05) is 16.4 Å². The van der Waals surface area contributed by atoms with Crippen LogP contribution in [0.15, 0.2) is 24.3 Å². The Morgan fingerprint density at radius 2 is 2.29 bits per heavy atom. The summed E-state index contributed by atoms with van der Waals surface area (Å²) < 4.78 is 10.7. The Labute approximate surface area is 127 Å². The number of carbonyl (C=O) groups excluding carboxylic acids is 1. The molecule has 1 aliphatic rings. The number of nitrogens with zero attached hydrogens (tertiary/aromatic N) is 1. The van der Waals surface area contributed by atoms with E-state index in [0.717, 1.165) is 27.6 Å². The minimum atomic E-state index is -0.335. The lowest BCUT2D eigenvalue weighted by atomic mass is 9.94. The zero-order valence-corrected chi connectivity index (χ0v) is 12.9. The van der Waals surface area contributed by atoms with Gasteiger partial charge in [-0.05, 0) is 26.3 Å². The molecule has 110 valence electrons. The van der Waals surface area contributed by atoms with Crippen LogP contribution in [-0.4, -0.2) is 24.2 Å². The SMILES string of the molecule is CCOC(=O)c1nc(C2CCOc3ccccc32)sc1C. The van der Waals surface area contributed by atoms with Crippen LogP contribution in [0, 0.1) is 6.92 Å². The van der Waals surface area contributed by atoms with E-state index in [9.17, 15) is 4.79 Å². The summed E-state index contributed by atoms with van der Waals surface area (Å²) in [7, 11) is 0. The van der Waals surface area contributed by atoms with E-state index in [1.165, 1.54) is 0 Å². The zero-order valence-electron chi connectivity index (χ0n) is 12.1. The average Bonchev–Trinajstić information content (AvgIpc) is 2.89. The van der Waals surface area contributed by atoms with Crippen molar-refractivity contribution in [3.63, 3.8) is 0 Å². The van der Waals surface area contributed by atoms with Gasteiger partial charge in [0.1, 0.15) is 10.8 Å². The largest absolute Gasteiger partial charge is 0.493 e. The quantitative estimate of drug-likeness (QED) is 0.814. The first kappa shape index (κ1) is 14.1. The standard InChI is InChI=1S/C16H17NO3S/c1-3-19-16(18)14-10(2)21-15(17-14)12-8-9-20-13-7-5-4-6-11(12)13/h4-7,12H,3,8-9H2,1-2H3. The Kier molecular flexibility index (Phi) is 3.92. The van der Waals surface area contributed by atoms with Gasteiger partial charge in [-0.2, -0.15) is 0 Å². The summed E-state index contributed by atoms with van der Waals surface area (Å²) >= 11 is 1.57. The Morgan fingerprint density at radius 3 is 3.10 bits per heavy atom. The zero-order chi connectivity index (χ0) is 14.8. The van der Waals surface area contributed by atoms with Crippen molar-refractivity contribution in [2.24, 2.45) is 0 Å². The van der Waals surface area contributed by atoms with Gasteiger partial charge in [0.25, 0.3) is 0 Å². The number of para-hydroxylation sites is 1. The van der Waals surface area contributed by atoms with Crippen LogP contribution in [-0.2, 0) is 4.74 Å². The van der Waals surface area contributed by atoms with E-state index in [1.807, 2.05) is 25.1 Å². The predicted molar refractivity (Wildman–Crippen MR) is 81.2 cm³/mol. The van der Waals surface area contributed by atoms with E-state index in [4.69, 9.17) is 9.47 Å². The topological polar surface area (TPSA) is 48.4 Å². The molecule has 1 unspecified atom stereocenters. The predicted octanol–water partition coefficient (Wildman–Crippen LogP) is 3.54. The van der Waals surface area contributed by atoms with Gasteiger partial charge < -0.3 is 9.47 Å². The number of aromatic nitrogens is 1. The first-order chi connectivity index (χ1) is 10.2. The molecule has 1 aliphatic heterocycles. The van der Waals surface area contributed by atoms with Crippen LogP contribution in [0.1, 0.15) is 45.2 Å². The molecule has 3 rings (SSSR count). The molecule has 21 heavy (non-hydrogen) atoms. The average molecular weight is 303 g/mol. The summed E-state index contributed by atoms with van der Waals surface area (Å²) in [6, 6.07) is 8.03. The highest BCUT2D eigenvalue weighted by Gasteiger charge is 2.27. The molecule has 5 heteroatoms. The van der Waals surface area contributed by atoms with E-state index in [0.29, 0.717) is 18.9 Å². The van der Waals surface area contributed by atoms with E-state index >= 15 is 0 Å². The molecule has 0 saturated carbocycles. The van der Waals surface area contributed by atoms with E-state index in [-0.39, 0.29) is 11.9 Å². The summed E-state index contributed by atoms with van der Waals surface area (Å²) in [5.74, 6) is 0.777. The second kappa shape index (κ2) is 5.85. The maximum absolute atomic E-state index is 11.9. The van der Waals surface area contributed by atoms with Gasteiger partial charge in [0.2, 0.25) is 0 Å². The van der Waals surface area contributed by atoms with Gasteiger partial charge in [-0.15, -0.1) is 11.3 Å². The lowest BCUT2D eigenvalue weighted by Gasteiger charge is -2.24. The van der Waals surface area contributed by atoms with Gasteiger partial charge in [-0.1, -0.05) is 18.2 Å². The molecule has 2 aromatic rings. The second-order valence-corrected chi connectivity index (χ2v) is 6.14. The molecular formula is C16H17NO3S. The normalized spacial score (nSPS) is 17.0. The highest BCUT2D eigenvalue weighted by molar-refractivity contribution is 7.12. The van der Waals surface area contributed by atoms with Gasteiger partial charge >= 0.3 is 5.97 Å². The van der Waals surface area contributed by atoms with Crippen LogP contribution in [0.5, 0.6) is 5.75 Å². The molecule has 0 saturated heterocycles. The van der Waals surface area contributed by atoms with Crippen molar-refractivity contribution in [3.05, 3.63) is 45.4 Å². The first-order valence-electron chi connectivity index (χ1n) is 7.07. The molecule has 0 N–H and O–H groups in total. The third-order valence-electron chi connectivity index (χ3n) is 3.54. The molecule has 0 amide bonds. The fourth-order valence-corrected chi connectivity index (χ4v) is 3.62. The van der Waals surface area contributed by atoms with E-state index in [2.05, 4.69) is 11.1 Å². The first-order valence-corrected chi connectivity index (χ1v) is 7.88. The molecule has 0 spiro atoms. The number of esters is 1. The minimum absolute atomic E-state index is 0.196. The van der Waals surface area contributed by atoms with Crippen molar-refractivity contribution in [1.29, 1.82) is 0 Å². The van der Waals surface area contributed by atoms with Crippen LogP contribution in [0.3, 0.4) is 0 Å². The maximum Gasteiger partial charge on any atom is 0.358 e. The Hall–Kier alpha value is -1.88. The number of ether oxygens (including phenoxy) is 2. The van der Waals surface area contributed by atoms with Gasteiger partial charge in [-0.25, -0.2) is 9.78 Å². The number of thiazole rings is 1. The van der Waals surface area contributed by atoms with E-state index in [1.54, 1.807) is 18.3 Å². The number of benzene rings is 1. The molecule has 2 heterocycles. The number of fused-ring (bicyclic) bond motifs is 1. The molecule has 4 nitrogen and oxygen atoms in total. The second-order valence-electron chi connectivity index (χ2n) is 4.90.